The van der Waals surface area contributed by atoms with Gasteiger partial charge in [0.2, 0.25) is 0 Å². The average molecular weight is 321 g/mol. The Morgan fingerprint density at radius 3 is 2.95 bits per heavy atom. The molecule has 0 aliphatic rings. The molecule has 2 heterocycles. The van der Waals surface area contributed by atoms with Crippen LogP contribution in [0.4, 0.5) is 4.39 Å². The summed E-state index contributed by atoms with van der Waals surface area (Å²) >= 11 is 7.52. The maximum absolute atomic E-state index is 13.2. The van der Waals surface area contributed by atoms with Gasteiger partial charge in [0, 0.05) is 12.2 Å². The third-order valence-corrected chi connectivity index (χ3v) is 4.64. The summed E-state index contributed by atoms with van der Waals surface area (Å²) in [4.78, 5) is 4.47. The molecule has 21 heavy (non-hydrogen) atoms. The highest BCUT2D eigenvalue weighted by molar-refractivity contribution is 7.17. The minimum atomic E-state index is -0.386. The first kappa shape index (κ1) is 14.4. The minimum absolute atomic E-state index is 0.116. The lowest BCUT2D eigenvalue weighted by Gasteiger charge is -2.16. The van der Waals surface area contributed by atoms with Crippen molar-refractivity contribution in [1.82, 2.24) is 10.3 Å². The zero-order valence-corrected chi connectivity index (χ0v) is 13.0. The quantitative estimate of drug-likeness (QED) is 0.760. The third-order valence-electron chi connectivity index (χ3n) is 3.50. The van der Waals surface area contributed by atoms with Gasteiger partial charge in [0.1, 0.15) is 5.82 Å². The van der Waals surface area contributed by atoms with Crippen LogP contribution < -0.4 is 5.32 Å². The van der Waals surface area contributed by atoms with Gasteiger partial charge in [-0.05, 0) is 54.2 Å². The molecule has 0 radical (unpaired) electrons. The molecule has 1 atom stereocenters. The molecular weight excluding hydrogens is 307 g/mol. The Morgan fingerprint density at radius 1 is 1.33 bits per heavy atom. The average Bonchev–Trinajstić information content (AvgIpc) is 2.95. The van der Waals surface area contributed by atoms with Crippen molar-refractivity contribution in [2.75, 3.05) is 7.05 Å². The highest BCUT2D eigenvalue weighted by Crippen LogP contribution is 2.25. The fourth-order valence-electron chi connectivity index (χ4n) is 2.34. The van der Waals surface area contributed by atoms with Crippen LogP contribution in [-0.2, 0) is 6.42 Å². The van der Waals surface area contributed by atoms with Crippen LogP contribution in [0.5, 0.6) is 0 Å². The molecule has 0 saturated carbocycles. The van der Waals surface area contributed by atoms with Gasteiger partial charge >= 0.3 is 0 Å². The zero-order valence-electron chi connectivity index (χ0n) is 11.4. The Hall–Kier alpha value is -1.49. The number of rotatable bonds is 4. The van der Waals surface area contributed by atoms with Crippen molar-refractivity contribution >= 4 is 33.2 Å². The van der Waals surface area contributed by atoms with E-state index in [1.165, 1.54) is 10.8 Å². The molecule has 0 aliphatic heterocycles. The van der Waals surface area contributed by atoms with E-state index in [9.17, 15) is 4.39 Å². The van der Waals surface area contributed by atoms with Gasteiger partial charge in [0.25, 0.3) is 0 Å². The lowest BCUT2D eigenvalue weighted by molar-refractivity contribution is 0.588. The topological polar surface area (TPSA) is 24.9 Å². The highest BCUT2D eigenvalue weighted by Gasteiger charge is 2.13. The van der Waals surface area contributed by atoms with E-state index in [-0.39, 0.29) is 16.9 Å². The van der Waals surface area contributed by atoms with E-state index in [2.05, 4.69) is 16.4 Å². The summed E-state index contributed by atoms with van der Waals surface area (Å²) in [7, 11) is 1.91. The van der Waals surface area contributed by atoms with Crippen LogP contribution >= 0.6 is 22.9 Å². The Kier molecular flexibility index (Phi) is 4.19. The van der Waals surface area contributed by atoms with Crippen LogP contribution in [0.15, 0.2) is 41.9 Å². The van der Waals surface area contributed by atoms with Crippen molar-refractivity contribution in [3.05, 3.63) is 63.9 Å². The van der Waals surface area contributed by atoms with Crippen LogP contribution in [0.1, 0.15) is 17.2 Å². The first-order chi connectivity index (χ1) is 10.2. The maximum atomic E-state index is 13.2. The third kappa shape index (κ3) is 3.07. The van der Waals surface area contributed by atoms with Gasteiger partial charge in [-0.25, -0.2) is 4.39 Å². The molecule has 5 heteroatoms. The molecule has 0 bridgehead atoms. The number of hydrogen-bond donors (Lipinski definition) is 1. The van der Waals surface area contributed by atoms with Crippen LogP contribution in [0.3, 0.4) is 0 Å². The molecule has 0 aliphatic carbocycles. The van der Waals surface area contributed by atoms with Crippen LogP contribution in [0.25, 0.3) is 10.2 Å². The van der Waals surface area contributed by atoms with E-state index >= 15 is 0 Å². The van der Waals surface area contributed by atoms with E-state index < -0.39 is 0 Å². The summed E-state index contributed by atoms with van der Waals surface area (Å²) in [6, 6.07) is 9.13. The Balaban J connectivity index is 1.88. The van der Waals surface area contributed by atoms with Gasteiger partial charge in [0.15, 0.2) is 0 Å². The van der Waals surface area contributed by atoms with Crippen LogP contribution in [0.2, 0.25) is 5.02 Å². The number of pyridine rings is 1. The molecule has 0 saturated heterocycles. The van der Waals surface area contributed by atoms with Crippen molar-refractivity contribution in [2.24, 2.45) is 0 Å². The molecule has 3 aromatic rings. The summed E-state index contributed by atoms with van der Waals surface area (Å²) in [6.07, 6.45) is 2.62. The van der Waals surface area contributed by atoms with E-state index in [0.29, 0.717) is 0 Å². The second-order valence-corrected chi connectivity index (χ2v) is 6.22. The molecule has 0 spiro atoms. The standard InChI is InChI=1S/C16H14ClFN2S/c1-19-15(7-10-2-3-13(18)12(17)6-10)11-8-16-14(20-9-11)4-5-21-16/h2-6,8-9,15,19H,7H2,1H3. The van der Waals surface area contributed by atoms with Gasteiger partial charge < -0.3 is 5.32 Å². The van der Waals surface area contributed by atoms with E-state index in [1.807, 2.05) is 24.7 Å². The van der Waals surface area contributed by atoms with Crippen molar-refractivity contribution in [1.29, 1.82) is 0 Å². The number of nitrogens with zero attached hydrogens (tertiary/aromatic N) is 1. The second kappa shape index (κ2) is 6.10. The fraction of sp³-hybridized carbons (Fsp3) is 0.188. The van der Waals surface area contributed by atoms with Crippen molar-refractivity contribution in [3.63, 3.8) is 0 Å². The highest BCUT2D eigenvalue weighted by atomic mass is 35.5. The number of hydrogen-bond acceptors (Lipinski definition) is 3. The molecule has 0 amide bonds. The fourth-order valence-corrected chi connectivity index (χ4v) is 3.33. The number of fused-ring (bicyclic) bond motifs is 1. The Bertz CT molecular complexity index is 772. The summed E-state index contributed by atoms with van der Waals surface area (Å²) in [5.74, 6) is -0.386. The summed E-state index contributed by atoms with van der Waals surface area (Å²) < 4.78 is 14.4. The number of likely N-dealkylation sites (N-methyl/N-ethyl adjacent to an activating group) is 1. The van der Waals surface area contributed by atoms with Crippen molar-refractivity contribution in [2.45, 2.75) is 12.5 Å². The molecule has 3 rings (SSSR count). The van der Waals surface area contributed by atoms with Gasteiger partial charge in [-0.3, -0.25) is 4.98 Å². The predicted molar refractivity (Wildman–Crippen MR) is 86.5 cm³/mol. The SMILES string of the molecule is CNC(Cc1ccc(F)c(Cl)c1)c1cnc2ccsc2c1. The summed E-state index contributed by atoms with van der Waals surface area (Å²) in [5.41, 5.74) is 3.13. The molecular formula is C16H14ClFN2S. The van der Waals surface area contributed by atoms with E-state index in [4.69, 9.17) is 11.6 Å². The van der Waals surface area contributed by atoms with Crippen LogP contribution in [0, 0.1) is 5.82 Å². The van der Waals surface area contributed by atoms with Gasteiger partial charge in [0.05, 0.1) is 15.2 Å². The van der Waals surface area contributed by atoms with Crippen molar-refractivity contribution in [3.8, 4) is 0 Å². The number of benzene rings is 1. The summed E-state index contributed by atoms with van der Waals surface area (Å²) in [5, 5.41) is 5.48. The predicted octanol–water partition coefficient (Wildman–Crippen LogP) is 4.59. The smallest absolute Gasteiger partial charge is 0.141 e. The number of nitrogens with one attached hydrogen (secondary N) is 1. The number of halogens is 2. The first-order valence-corrected chi connectivity index (χ1v) is 7.87. The molecule has 1 unspecified atom stereocenters. The molecule has 2 nitrogen and oxygen atoms in total. The molecule has 1 N–H and O–H groups in total. The van der Waals surface area contributed by atoms with Crippen LogP contribution in [-0.4, -0.2) is 12.0 Å². The van der Waals surface area contributed by atoms with Gasteiger partial charge in [-0.2, -0.15) is 0 Å². The molecule has 108 valence electrons. The minimum Gasteiger partial charge on any atom is -0.313 e. The maximum Gasteiger partial charge on any atom is 0.141 e. The Morgan fingerprint density at radius 2 is 2.19 bits per heavy atom. The number of thiophene rings is 1. The van der Waals surface area contributed by atoms with E-state index in [0.717, 1.165) is 23.1 Å². The molecule has 0 fully saturated rings. The molecule has 1 aromatic carbocycles. The Labute approximate surface area is 131 Å². The van der Waals surface area contributed by atoms with Gasteiger partial charge in [-0.1, -0.05) is 17.7 Å². The first-order valence-electron chi connectivity index (χ1n) is 6.61. The number of aromatic nitrogens is 1. The second-order valence-electron chi connectivity index (χ2n) is 4.87. The lowest BCUT2D eigenvalue weighted by atomic mass is 10.0. The van der Waals surface area contributed by atoms with Gasteiger partial charge in [-0.15, -0.1) is 11.3 Å². The zero-order chi connectivity index (χ0) is 14.8. The largest absolute Gasteiger partial charge is 0.313 e. The normalized spacial score (nSPS) is 12.7. The molecule has 2 aromatic heterocycles. The summed E-state index contributed by atoms with van der Waals surface area (Å²) in [6.45, 7) is 0. The monoisotopic (exact) mass is 320 g/mol. The van der Waals surface area contributed by atoms with Crippen molar-refractivity contribution < 1.29 is 4.39 Å². The lowest BCUT2D eigenvalue weighted by Crippen LogP contribution is -2.19. The van der Waals surface area contributed by atoms with E-state index in [1.54, 1.807) is 23.5 Å².